The molecule has 0 aliphatic carbocycles. The summed E-state index contributed by atoms with van der Waals surface area (Å²) in [5.74, 6) is 15.5. The minimum atomic E-state index is 0.803. The monoisotopic (exact) mass is 428 g/mol. The van der Waals surface area contributed by atoms with Crippen LogP contribution in [0.2, 0.25) is 0 Å². The molecule has 25 heavy (non-hydrogen) atoms. The van der Waals surface area contributed by atoms with E-state index in [1.807, 2.05) is 72.8 Å². The minimum absolute atomic E-state index is 0.803. The van der Waals surface area contributed by atoms with E-state index in [2.05, 4.69) is 52.2 Å². The topological polar surface area (TPSA) is 0 Å². The molecule has 0 saturated heterocycles. The fraction of sp³-hybridized carbons (Fsp3) is 0. The Labute approximate surface area is 162 Å². The van der Waals surface area contributed by atoms with E-state index in [4.69, 9.17) is 6.42 Å². The van der Waals surface area contributed by atoms with Crippen LogP contribution in [0, 0.1) is 39.6 Å². The van der Waals surface area contributed by atoms with Crippen LogP contribution in [0.4, 0.5) is 0 Å². The maximum atomic E-state index is 5.53. The van der Waals surface area contributed by atoms with Crippen LogP contribution in [-0.2, 0) is 0 Å². The fourth-order valence-corrected chi connectivity index (χ4v) is 2.77. The molecule has 0 saturated carbocycles. The normalized spacial score (nSPS) is 9.12. The van der Waals surface area contributed by atoms with Gasteiger partial charge in [-0.05, 0) is 59.0 Å². The molecule has 0 fully saturated rings. The number of hydrogen-bond donors (Lipinski definition) is 0. The molecule has 0 bridgehead atoms. The van der Waals surface area contributed by atoms with Crippen molar-refractivity contribution in [1.82, 2.24) is 0 Å². The van der Waals surface area contributed by atoms with Gasteiger partial charge in [-0.25, -0.2) is 0 Å². The van der Waals surface area contributed by atoms with E-state index in [1.165, 1.54) is 0 Å². The predicted molar refractivity (Wildman–Crippen MR) is 112 cm³/mol. The van der Waals surface area contributed by atoms with Crippen molar-refractivity contribution in [2.45, 2.75) is 0 Å². The quantitative estimate of drug-likeness (QED) is 0.347. The summed E-state index contributed by atoms with van der Waals surface area (Å²) in [6.07, 6.45) is 5.53. The van der Waals surface area contributed by atoms with Crippen LogP contribution in [0.15, 0.2) is 72.8 Å². The third-order valence-electron chi connectivity index (χ3n) is 3.55. The Morgan fingerprint density at radius 2 is 0.880 bits per heavy atom. The van der Waals surface area contributed by atoms with Crippen molar-refractivity contribution in [3.05, 3.63) is 104 Å². The van der Waals surface area contributed by atoms with Crippen LogP contribution in [0.3, 0.4) is 0 Å². The van der Waals surface area contributed by atoms with Gasteiger partial charge in [0.1, 0.15) is 0 Å². The molecule has 0 atom stereocenters. The lowest BCUT2D eigenvalue weighted by atomic mass is 10.1. The molecule has 0 spiro atoms. The second-order valence-corrected chi connectivity index (χ2v) is 6.38. The average Bonchev–Trinajstić information content (AvgIpc) is 2.66. The number of hydrogen-bond acceptors (Lipinski definition) is 0. The van der Waals surface area contributed by atoms with Crippen LogP contribution in [0.25, 0.3) is 0 Å². The molecular weight excluding hydrogens is 415 g/mol. The summed E-state index contributed by atoms with van der Waals surface area (Å²) in [6, 6.07) is 23.7. The van der Waals surface area contributed by atoms with Crippen molar-refractivity contribution in [2.75, 3.05) is 0 Å². The van der Waals surface area contributed by atoms with E-state index < -0.39 is 0 Å². The van der Waals surface area contributed by atoms with Gasteiger partial charge in [0.2, 0.25) is 0 Å². The highest BCUT2D eigenvalue weighted by atomic mass is 127. The summed E-state index contributed by atoms with van der Waals surface area (Å²) in [4.78, 5) is 0. The van der Waals surface area contributed by atoms with Crippen molar-refractivity contribution in [3.63, 3.8) is 0 Å². The first-order chi connectivity index (χ1) is 12.3. The summed E-state index contributed by atoms with van der Waals surface area (Å²) in [5, 5.41) is 0. The molecule has 0 heterocycles. The molecule has 3 aromatic rings. The van der Waals surface area contributed by atoms with Crippen molar-refractivity contribution < 1.29 is 0 Å². The molecular formula is C24H13I. The first-order valence-electron chi connectivity index (χ1n) is 7.71. The number of rotatable bonds is 0. The fourth-order valence-electron chi connectivity index (χ4n) is 2.25. The molecule has 3 rings (SSSR count). The molecule has 3 aromatic carbocycles. The summed E-state index contributed by atoms with van der Waals surface area (Å²) >= 11 is 2.29. The Bertz CT molecular complexity index is 1080. The first-order valence-corrected chi connectivity index (χ1v) is 8.79. The number of halogens is 1. The summed E-state index contributed by atoms with van der Waals surface area (Å²) in [6.45, 7) is 0. The van der Waals surface area contributed by atoms with E-state index in [1.54, 1.807) is 0 Å². The second kappa shape index (κ2) is 8.25. The lowest BCUT2D eigenvalue weighted by Crippen LogP contribution is -1.86. The molecule has 0 nitrogen and oxygen atoms in total. The van der Waals surface area contributed by atoms with Crippen molar-refractivity contribution in [3.8, 4) is 36.0 Å². The zero-order valence-electron chi connectivity index (χ0n) is 13.4. The Balaban J connectivity index is 1.98. The van der Waals surface area contributed by atoms with E-state index in [0.29, 0.717) is 0 Å². The number of benzene rings is 3. The molecule has 0 radical (unpaired) electrons. The average molecular weight is 428 g/mol. The van der Waals surface area contributed by atoms with Gasteiger partial charge in [-0.1, -0.05) is 66.0 Å². The SMILES string of the molecule is C#Cc1ccccc1C#Cc1ccccc1C#Cc1ccccc1I. The Kier molecular flexibility index (Phi) is 5.58. The van der Waals surface area contributed by atoms with Crippen LogP contribution in [0.5, 0.6) is 0 Å². The van der Waals surface area contributed by atoms with Crippen LogP contribution >= 0.6 is 22.6 Å². The number of terminal acetylenes is 1. The Morgan fingerprint density at radius 1 is 0.520 bits per heavy atom. The van der Waals surface area contributed by atoms with Gasteiger partial charge in [-0.2, -0.15) is 0 Å². The lowest BCUT2D eigenvalue weighted by molar-refractivity contribution is 1.55. The van der Waals surface area contributed by atoms with Crippen molar-refractivity contribution in [1.29, 1.82) is 0 Å². The standard InChI is InChI=1S/C24H13I/c1-2-19-9-3-4-10-20(19)15-16-21-11-5-6-12-22(21)17-18-23-13-7-8-14-24(23)25/h1,3-14H. The molecule has 0 amide bonds. The molecule has 0 aliphatic heterocycles. The predicted octanol–water partition coefficient (Wildman–Crippen LogP) is 5.07. The van der Waals surface area contributed by atoms with Gasteiger partial charge >= 0.3 is 0 Å². The summed E-state index contributed by atoms with van der Waals surface area (Å²) in [7, 11) is 0. The molecule has 116 valence electrons. The van der Waals surface area contributed by atoms with Crippen molar-refractivity contribution in [2.24, 2.45) is 0 Å². The van der Waals surface area contributed by atoms with Gasteiger partial charge in [-0.3, -0.25) is 0 Å². The van der Waals surface area contributed by atoms with E-state index in [0.717, 1.165) is 31.4 Å². The maximum absolute atomic E-state index is 5.53. The van der Waals surface area contributed by atoms with Gasteiger partial charge in [0, 0.05) is 31.4 Å². The highest BCUT2D eigenvalue weighted by Gasteiger charge is 1.98. The second-order valence-electron chi connectivity index (χ2n) is 5.22. The third-order valence-corrected chi connectivity index (χ3v) is 4.49. The highest BCUT2D eigenvalue weighted by molar-refractivity contribution is 14.1. The zero-order valence-corrected chi connectivity index (χ0v) is 15.5. The molecule has 0 N–H and O–H groups in total. The summed E-state index contributed by atoms with van der Waals surface area (Å²) in [5.41, 5.74) is 4.48. The molecule has 0 unspecified atom stereocenters. The van der Waals surface area contributed by atoms with Gasteiger partial charge in [0.25, 0.3) is 0 Å². The highest BCUT2D eigenvalue weighted by Crippen LogP contribution is 2.12. The third kappa shape index (κ3) is 4.33. The Hall–Kier alpha value is -2.93. The van der Waals surface area contributed by atoms with Gasteiger partial charge in [-0.15, -0.1) is 6.42 Å². The van der Waals surface area contributed by atoms with Crippen molar-refractivity contribution >= 4 is 22.6 Å². The van der Waals surface area contributed by atoms with Gasteiger partial charge < -0.3 is 0 Å². The van der Waals surface area contributed by atoms with Gasteiger partial charge in [0.05, 0.1) is 0 Å². The molecule has 1 heteroatoms. The summed E-state index contributed by atoms with van der Waals surface area (Å²) < 4.78 is 1.14. The molecule has 0 aliphatic rings. The van der Waals surface area contributed by atoms with E-state index in [-0.39, 0.29) is 0 Å². The van der Waals surface area contributed by atoms with E-state index >= 15 is 0 Å². The Morgan fingerprint density at radius 3 is 1.36 bits per heavy atom. The molecule has 0 aromatic heterocycles. The smallest absolute Gasteiger partial charge is 0.0405 e. The zero-order chi connectivity index (χ0) is 17.5. The first kappa shape index (κ1) is 16.9. The van der Waals surface area contributed by atoms with Crippen LogP contribution in [0.1, 0.15) is 27.8 Å². The maximum Gasteiger partial charge on any atom is 0.0405 e. The van der Waals surface area contributed by atoms with Gasteiger partial charge in [0.15, 0.2) is 0 Å². The van der Waals surface area contributed by atoms with Crippen LogP contribution < -0.4 is 0 Å². The lowest BCUT2D eigenvalue weighted by Gasteiger charge is -1.98. The van der Waals surface area contributed by atoms with Crippen LogP contribution in [-0.4, -0.2) is 0 Å². The minimum Gasteiger partial charge on any atom is -0.115 e. The largest absolute Gasteiger partial charge is 0.115 e. The van der Waals surface area contributed by atoms with E-state index in [9.17, 15) is 0 Å².